The fourth-order valence-corrected chi connectivity index (χ4v) is 3.11. The third-order valence-electron chi connectivity index (χ3n) is 4.34. The zero-order valence-corrected chi connectivity index (χ0v) is 13.0. The van der Waals surface area contributed by atoms with Gasteiger partial charge in [-0.05, 0) is 17.7 Å². The second kappa shape index (κ2) is 5.85. The standard InChI is InChI=1S/C19H17N3O2/c23-18(20-11-13-6-2-1-3-7-13)15-12-22-16-9-5-4-8-14(16)10-17(22)19(24)21-15/h1-10,15H,11-12H2,(H,20,23)(H,21,24)/t15-/m0/s1. The van der Waals surface area contributed by atoms with Crippen molar-refractivity contribution in [3.63, 3.8) is 0 Å². The second-order valence-electron chi connectivity index (χ2n) is 5.93. The molecular formula is C19H17N3O2. The van der Waals surface area contributed by atoms with Gasteiger partial charge in [0, 0.05) is 17.4 Å². The molecule has 1 aromatic heterocycles. The molecule has 1 atom stereocenters. The molecule has 3 aromatic rings. The van der Waals surface area contributed by atoms with Crippen LogP contribution in [0.1, 0.15) is 16.1 Å². The molecule has 0 unspecified atom stereocenters. The first-order valence-corrected chi connectivity index (χ1v) is 7.93. The summed E-state index contributed by atoms with van der Waals surface area (Å²) in [7, 11) is 0. The van der Waals surface area contributed by atoms with Gasteiger partial charge < -0.3 is 15.2 Å². The number of para-hydroxylation sites is 1. The molecule has 0 saturated heterocycles. The summed E-state index contributed by atoms with van der Waals surface area (Å²) in [6, 6.07) is 18.8. The largest absolute Gasteiger partial charge is 0.350 e. The molecule has 2 N–H and O–H groups in total. The van der Waals surface area contributed by atoms with Crippen molar-refractivity contribution in [2.75, 3.05) is 0 Å². The van der Waals surface area contributed by atoms with E-state index >= 15 is 0 Å². The molecule has 5 heteroatoms. The molecule has 4 rings (SSSR count). The van der Waals surface area contributed by atoms with Gasteiger partial charge in [0.1, 0.15) is 11.7 Å². The number of aromatic nitrogens is 1. The van der Waals surface area contributed by atoms with Gasteiger partial charge in [0.15, 0.2) is 0 Å². The van der Waals surface area contributed by atoms with Crippen LogP contribution in [0, 0.1) is 0 Å². The minimum absolute atomic E-state index is 0.171. The Morgan fingerprint density at radius 3 is 2.71 bits per heavy atom. The summed E-state index contributed by atoms with van der Waals surface area (Å²) in [6.07, 6.45) is 0. The minimum Gasteiger partial charge on any atom is -0.350 e. The van der Waals surface area contributed by atoms with Gasteiger partial charge in [-0.1, -0.05) is 48.5 Å². The number of rotatable bonds is 3. The molecule has 0 bridgehead atoms. The fraction of sp³-hybridized carbons (Fsp3) is 0.158. The SMILES string of the molecule is O=C1N[C@H](C(=O)NCc2ccccc2)Cn2c1cc1ccccc12. The number of amides is 2. The van der Waals surface area contributed by atoms with Gasteiger partial charge in [-0.15, -0.1) is 0 Å². The first kappa shape index (κ1) is 14.5. The van der Waals surface area contributed by atoms with Crippen molar-refractivity contribution in [3.05, 3.63) is 71.9 Å². The highest BCUT2D eigenvalue weighted by Gasteiger charge is 2.30. The van der Waals surface area contributed by atoms with E-state index in [1.807, 2.05) is 65.2 Å². The Morgan fingerprint density at radius 2 is 1.88 bits per heavy atom. The zero-order chi connectivity index (χ0) is 16.5. The minimum atomic E-state index is -0.565. The Bertz CT molecular complexity index is 915. The quantitative estimate of drug-likeness (QED) is 0.776. The lowest BCUT2D eigenvalue weighted by Crippen LogP contribution is -2.52. The summed E-state index contributed by atoms with van der Waals surface area (Å²) in [4.78, 5) is 24.8. The molecule has 0 saturated carbocycles. The van der Waals surface area contributed by atoms with E-state index in [2.05, 4.69) is 10.6 Å². The van der Waals surface area contributed by atoms with Crippen LogP contribution >= 0.6 is 0 Å². The summed E-state index contributed by atoms with van der Waals surface area (Å²) in [5.41, 5.74) is 2.60. The summed E-state index contributed by atoms with van der Waals surface area (Å²) in [5.74, 6) is -0.382. The maximum atomic E-state index is 12.4. The maximum absolute atomic E-state index is 12.4. The number of fused-ring (bicyclic) bond motifs is 3. The van der Waals surface area contributed by atoms with Crippen molar-refractivity contribution in [1.29, 1.82) is 0 Å². The topological polar surface area (TPSA) is 63.1 Å². The highest BCUT2D eigenvalue weighted by Crippen LogP contribution is 2.22. The first-order valence-electron chi connectivity index (χ1n) is 7.93. The van der Waals surface area contributed by atoms with Gasteiger partial charge in [0.2, 0.25) is 5.91 Å². The fourth-order valence-electron chi connectivity index (χ4n) is 3.11. The Hall–Kier alpha value is -3.08. The Balaban J connectivity index is 1.53. The molecule has 0 fully saturated rings. The third kappa shape index (κ3) is 2.54. The smallest absolute Gasteiger partial charge is 0.268 e. The molecule has 1 aliphatic heterocycles. The highest BCUT2D eigenvalue weighted by molar-refractivity contribution is 6.02. The van der Waals surface area contributed by atoms with E-state index in [4.69, 9.17) is 0 Å². The van der Waals surface area contributed by atoms with Crippen LogP contribution in [0.3, 0.4) is 0 Å². The number of nitrogens with one attached hydrogen (secondary N) is 2. The summed E-state index contributed by atoms with van der Waals surface area (Å²) >= 11 is 0. The number of carbonyl (C=O) groups excluding carboxylic acids is 2. The summed E-state index contributed by atoms with van der Waals surface area (Å²) < 4.78 is 1.92. The lowest BCUT2D eigenvalue weighted by Gasteiger charge is -2.25. The molecule has 2 amide bonds. The third-order valence-corrected chi connectivity index (χ3v) is 4.34. The molecular weight excluding hydrogens is 302 g/mol. The number of benzene rings is 2. The van der Waals surface area contributed by atoms with E-state index in [1.54, 1.807) is 0 Å². The van der Waals surface area contributed by atoms with Crippen LogP contribution in [0.15, 0.2) is 60.7 Å². The van der Waals surface area contributed by atoms with Crippen molar-refractivity contribution in [2.45, 2.75) is 19.1 Å². The monoisotopic (exact) mass is 319 g/mol. The van der Waals surface area contributed by atoms with Gasteiger partial charge in [0.25, 0.3) is 5.91 Å². The van der Waals surface area contributed by atoms with Gasteiger partial charge in [-0.3, -0.25) is 9.59 Å². The van der Waals surface area contributed by atoms with Crippen molar-refractivity contribution < 1.29 is 9.59 Å². The van der Waals surface area contributed by atoms with Gasteiger partial charge in [0.05, 0.1) is 6.54 Å². The number of carbonyl (C=O) groups is 2. The predicted molar refractivity (Wildman–Crippen MR) is 91.5 cm³/mol. The van der Waals surface area contributed by atoms with E-state index in [-0.39, 0.29) is 11.8 Å². The van der Waals surface area contributed by atoms with Crippen molar-refractivity contribution in [1.82, 2.24) is 15.2 Å². The van der Waals surface area contributed by atoms with Crippen LogP contribution in [0.4, 0.5) is 0 Å². The van der Waals surface area contributed by atoms with Crippen molar-refractivity contribution in [3.8, 4) is 0 Å². The van der Waals surface area contributed by atoms with Gasteiger partial charge >= 0.3 is 0 Å². The maximum Gasteiger partial charge on any atom is 0.268 e. The number of hydrogen-bond acceptors (Lipinski definition) is 2. The molecule has 24 heavy (non-hydrogen) atoms. The molecule has 120 valence electrons. The van der Waals surface area contributed by atoms with Crippen LogP contribution in [-0.2, 0) is 17.9 Å². The Labute approximate surface area is 139 Å². The van der Waals surface area contributed by atoms with E-state index < -0.39 is 6.04 Å². The van der Waals surface area contributed by atoms with Crippen molar-refractivity contribution >= 4 is 22.7 Å². The van der Waals surface area contributed by atoms with Crippen LogP contribution in [-0.4, -0.2) is 22.4 Å². The van der Waals surface area contributed by atoms with Crippen LogP contribution in [0.5, 0.6) is 0 Å². The number of nitrogens with zero attached hydrogens (tertiary/aromatic N) is 1. The number of hydrogen-bond donors (Lipinski definition) is 2. The van der Waals surface area contributed by atoms with Crippen LogP contribution in [0.25, 0.3) is 10.9 Å². The summed E-state index contributed by atoms with van der Waals surface area (Å²) in [6.45, 7) is 0.889. The zero-order valence-electron chi connectivity index (χ0n) is 13.0. The average molecular weight is 319 g/mol. The van der Waals surface area contributed by atoms with E-state index in [9.17, 15) is 9.59 Å². The van der Waals surface area contributed by atoms with Crippen LogP contribution in [0.2, 0.25) is 0 Å². The lowest BCUT2D eigenvalue weighted by molar-refractivity contribution is -0.123. The van der Waals surface area contributed by atoms with Gasteiger partial charge in [-0.2, -0.15) is 0 Å². The van der Waals surface area contributed by atoms with E-state index in [0.717, 1.165) is 16.5 Å². The van der Waals surface area contributed by atoms with E-state index in [0.29, 0.717) is 18.8 Å². The van der Waals surface area contributed by atoms with Crippen LogP contribution < -0.4 is 10.6 Å². The average Bonchev–Trinajstić information content (AvgIpc) is 3.00. The molecule has 0 spiro atoms. The van der Waals surface area contributed by atoms with Gasteiger partial charge in [-0.25, -0.2) is 0 Å². The molecule has 2 heterocycles. The first-order chi connectivity index (χ1) is 11.7. The Kier molecular flexibility index (Phi) is 3.54. The normalized spacial score (nSPS) is 16.5. The molecule has 1 aliphatic rings. The predicted octanol–water partition coefficient (Wildman–Crippen LogP) is 2.07. The molecule has 0 aliphatic carbocycles. The Morgan fingerprint density at radius 1 is 1.12 bits per heavy atom. The van der Waals surface area contributed by atoms with Crippen molar-refractivity contribution in [2.24, 2.45) is 0 Å². The lowest BCUT2D eigenvalue weighted by atomic mass is 10.2. The summed E-state index contributed by atoms with van der Waals surface area (Å²) in [5, 5.41) is 6.70. The molecule has 2 aromatic carbocycles. The highest BCUT2D eigenvalue weighted by atomic mass is 16.2. The molecule has 5 nitrogen and oxygen atoms in total. The van der Waals surface area contributed by atoms with E-state index in [1.165, 1.54) is 0 Å². The second-order valence-corrected chi connectivity index (χ2v) is 5.93. The molecule has 0 radical (unpaired) electrons.